The van der Waals surface area contributed by atoms with Gasteiger partial charge >= 0.3 is 0 Å². The first-order valence-electron chi connectivity index (χ1n) is 10.4. The third kappa shape index (κ3) is 6.70. The molecular weight excluding hydrogens is 442 g/mol. The van der Waals surface area contributed by atoms with Crippen molar-refractivity contribution in [3.63, 3.8) is 0 Å². The molecule has 1 unspecified atom stereocenters. The van der Waals surface area contributed by atoms with Crippen molar-refractivity contribution in [1.29, 1.82) is 0 Å². The molecule has 2 amide bonds. The highest BCUT2D eigenvalue weighted by molar-refractivity contribution is 6.30. The van der Waals surface area contributed by atoms with Gasteiger partial charge in [0.15, 0.2) is 11.5 Å². The fourth-order valence-electron chi connectivity index (χ4n) is 3.09. The summed E-state index contributed by atoms with van der Waals surface area (Å²) in [6.07, 6.45) is 3.41. The zero-order valence-electron chi connectivity index (χ0n) is 18.7. The number of rotatable bonds is 9. The minimum atomic E-state index is -0.741. The highest BCUT2D eigenvalue weighted by atomic mass is 35.5. The zero-order chi connectivity index (χ0) is 23.8. The molecule has 0 aliphatic rings. The first-order valence-corrected chi connectivity index (χ1v) is 10.8. The van der Waals surface area contributed by atoms with Gasteiger partial charge in [-0.15, -0.1) is 0 Å². The molecule has 1 aromatic heterocycles. The van der Waals surface area contributed by atoms with Gasteiger partial charge in [0.05, 0.1) is 7.11 Å². The number of methoxy groups -OCH3 is 1. The Morgan fingerprint density at radius 2 is 1.82 bits per heavy atom. The van der Waals surface area contributed by atoms with Crippen molar-refractivity contribution in [2.75, 3.05) is 12.4 Å². The van der Waals surface area contributed by atoms with Crippen molar-refractivity contribution in [2.45, 2.75) is 26.5 Å². The van der Waals surface area contributed by atoms with E-state index < -0.39 is 6.04 Å². The van der Waals surface area contributed by atoms with Gasteiger partial charge in [0.25, 0.3) is 5.91 Å². The Morgan fingerprint density at radius 1 is 1.06 bits per heavy atom. The van der Waals surface area contributed by atoms with Crippen molar-refractivity contribution < 1.29 is 19.1 Å². The van der Waals surface area contributed by atoms with Crippen LogP contribution in [0.25, 0.3) is 0 Å². The maximum atomic E-state index is 13.0. The number of carbonyl (C=O) groups excluding carboxylic acids is 2. The topological polar surface area (TPSA) is 89.6 Å². The van der Waals surface area contributed by atoms with Crippen molar-refractivity contribution in [1.82, 2.24) is 10.3 Å². The van der Waals surface area contributed by atoms with Crippen molar-refractivity contribution in [3.05, 3.63) is 83.1 Å². The normalized spacial score (nSPS) is 11.5. The van der Waals surface area contributed by atoms with E-state index in [1.165, 1.54) is 0 Å². The lowest BCUT2D eigenvalue weighted by Crippen LogP contribution is -2.47. The van der Waals surface area contributed by atoms with E-state index in [0.29, 0.717) is 34.4 Å². The second-order valence-electron chi connectivity index (χ2n) is 7.71. The van der Waals surface area contributed by atoms with Gasteiger partial charge in [-0.2, -0.15) is 0 Å². The molecule has 8 heteroatoms. The van der Waals surface area contributed by atoms with Gasteiger partial charge in [-0.1, -0.05) is 31.5 Å². The van der Waals surface area contributed by atoms with Crippen LogP contribution in [0, 0.1) is 5.92 Å². The highest BCUT2D eigenvalue weighted by Crippen LogP contribution is 2.31. The third-order valence-corrected chi connectivity index (χ3v) is 5.14. The number of halogens is 1. The number of ether oxygens (including phenoxy) is 2. The summed E-state index contributed by atoms with van der Waals surface area (Å²) < 4.78 is 11.2. The molecule has 1 atom stereocenters. The largest absolute Gasteiger partial charge is 0.493 e. The Labute approximate surface area is 198 Å². The van der Waals surface area contributed by atoms with Crippen molar-refractivity contribution in [2.24, 2.45) is 5.92 Å². The van der Waals surface area contributed by atoms with Gasteiger partial charge in [0.2, 0.25) is 5.91 Å². The molecule has 33 heavy (non-hydrogen) atoms. The van der Waals surface area contributed by atoms with Crippen molar-refractivity contribution >= 4 is 29.1 Å². The number of pyridine rings is 1. The average Bonchev–Trinajstić information content (AvgIpc) is 2.82. The fraction of sp³-hybridized carbons (Fsp3) is 0.240. The van der Waals surface area contributed by atoms with Gasteiger partial charge in [-0.25, -0.2) is 0 Å². The molecule has 2 aromatic carbocycles. The standard InChI is InChI=1S/C25H26ClN3O4/c1-16(2)23(29-24(30)18-6-8-19(26)9-7-18)25(31)28-20-10-11-21(32-3)22(13-20)33-15-17-5-4-12-27-14-17/h4-14,16,23H,15H2,1-3H3,(H,28,31)(H,29,30). The molecule has 1 heterocycles. The summed E-state index contributed by atoms with van der Waals surface area (Å²) >= 11 is 5.89. The lowest BCUT2D eigenvalue weighted by Gasteiger charge is -2.22. The number of carbonyl (C=O) groups is 2. The molecule has 0 spiro atoms. The van der Waals surface area contributed by atoms with Crippen LogP contribution in [0.3, 0.4) is 0 Å². The summed E-state index contributed by atoms with van der Waals surface area (Å²) in [4.78, 5) is 29.7. The average molecular weight is 468 g/mol. The number of nitrogens with zero attached hydrogens (tertiary/aromatic N) is 1. The third-order valence-electron chi connectivity index (χ3n) is 4.89. The van der Waals surface area contributed by atoms with Gasteiger partial charge in [0.1, 0.15) is 12.6 Å². The minimum absolute atomic E-state index is 0.138. The number of nitrogens with one attached hydrogen (secondary N) is 2. The molecular formula is C25H26ClN3O4. The molecule has 0 saturated carbocycles. The van der Waals surface area contributed by atoms with Gasteiger partial charge in [-0.05, 0) is 48.4 Å². The maximum Gasteiger partial charge on any atom is 0.251 e. The number of anilines is 1. The first kappa shape index (κ1) is 24.1. The molecule has 3 rings (SSSR count). The Morgan fingerprint density at radius 3 is 2.45 bits per heavy atom. The number of amides is 2. The Hall–Kier alpha value is -3.58. The first-order chi connectivity index (χ1) is 15.9. The molecule has 7 nitrogen and oxygen atoms in total. The monoisotopic (exact) mass is 467 g/mol. The van der Waals surface area contributed by atoms with Crippen LogP contribution in [0.4, 0.5) is 5.69 Å². The van der Waals surface area contributed by atoms with E-state index >= 15 is 0 Å². The molecule has 2 N–H and O–H groups in total. The molecule has 0 saturated heterocycles. The fourth-order valence-corrected chi connectivity index (χ4v) is 3.22. The molecule has 0 aliphatic heterocycles. The molecule has 3 aromatic rings. The van der Waals surface area contributed by atoms with E-state index in [1.807, 2.05) is 26.0 Å². The molecule has 0 fully saturated rings. The summed E-state index contributed by atoms with van der Waals surface area (Å²) in [7, 11) is 1.55. The Bertz CT molecular complexity index is 1090. The van der Waals surface area contributed by atoms with Crippen LogP contribution in [0.5, 0.6) is 11.5 Å². The SMILES string of the molecule is COc1ccc(NC(=O)C(NC(=O)c2ccc(Cl)cc2)C(C)C)cc1OCc1cccnc1. The van der Waals surface area contributed by atoms with E-state index in [9.17, 15) is 9.59 Å². The molecule has 0 radical (unpaired) electrons. The van der Waals surface area contributed by atoms with E-state index in [4.69, 9.17) is 21.1 Å². The maximum absolute atomic E-state index is 13.0. The smallest absolute Gasteiger partial charge is 0.251 e. The molecule has 172 valence electrons. The van der Waals surface area contributed by atoms with Gasteiger partial charge in [-0.3, -0.25) is 14.6 Å². The summed E-state index contributed by atoms with van der Waals surface area (Å²) in [5.74, 6) is 0.186. The summed E-state index contributed by atoms with van der Waals surface area (Å²) in [5, 5.41) is 6.19. The number of aromatic nitrogens is 1. The zero-order valence-corrected chi connectivity index (χ0v) is 19.4. The molecule has 0 bridgehead atoms. The van der Waals surface area contributed by atoms with Crippen LogP contribution in [-0.2, 0) is 11.4 Å². The van der Waals surface area contributed by atoms with Gasteiger partial charge < -0.3 is 20.1 Å². The van der Waals surface area contributed by atoms with E-state index in [1.54, 1.807) is 62.0 Å². The number of hydrogen-bond acceptors (Lipinski definition) is 5. The minimum Gasteiger partial charge on any atom is -0.493 e. The van der Waals surface area contributed by atoms with Crippen LogP contribution < -0.4 is 20.1 Å². The second kappa shape index (κ2) is 11.3. The summed E-state index contributed by atoms with van der Waals surface area (Å²) in [5.41, 5.74) is 1.85. The lowest BCUT2D eigenvalue weighted by molar-refractivity contribution is -0.118. The number of hydrogen-bond donors (Lipinski definition) is 2. The molecule has 0 aliphatic carbocycles. The van der Waals surface area contributed by atoms with E-state index in [2.05, 4.69) is 15.6 Å². The Kier molecular flexibility index (Phi) is 8.27. The van der Waals surface area contributed by atoms with Crippen LogP contribution in [0.1, 0.15) is 29.8 Å². The van der Waals surface area contributed by atoms with E-state index in [0.717, 1.165) is 5.56 Å². The van der Waals surface area contributed by atoms with Crippen LogP contribution in [-0.4, -0.2) is 29.9 Å². The summed E-state index contributed by atoms with van der Waals surface area (Å²) in [6.45, 7) is 4.03. The van der Waals surface area contributed by atoms with Crippen molar-refractivity contribution in [3.8, 4) is 11.5 Å². The van der Waals surface area contributed by atoms with Crippen LogP contribution in [0.15, 0.2) is 67.0 Å². The highest BCUT2D eigenvalue weighted by Gasteiger charge is 2.25. The van der Waals surface area contributed by atoms with Crippen LogP contribution >= 0.6 is 11.6 Å². The van der Waals surface area contributed by atoms with Gasteiger partial charge in [0, 0.05) is 40.3 Å². The second-order valence-corrected chi connectivity index (χ2v) is 8.14. The van der Waals surface area contributed by atoms with E-state index in [-0.39, 0.29) is 17.7 Å². The quantitative estimate of drug-likeness (QED) is 0.475. The van der Waals surface area contributed by atoms with Crippen LogP contribution in [0.2, 0.25) is 5.02 Å². The number of benzene rings is 2. The lowest BCUT2D eigenvalue weighted by atomic mass is 10.0. The summed E-state index contributed by atoms with van der Waals surface area (Å²) in [6, 6.07) is 14.6. The Balaban J connectivity index is 1.71. The predicted molar refractivity (Wildman–Crippen MR) is 128 cm³/mol. The predicted octanol–water partition coefficient (Wildman–Crippen LogP) is 4.72.